The molecule has 1 heterocycles. The number of nitrogens with two attached hydrogens (primary N) is 1. The molecule has 6 nitrogen and oxygen atoms in total. The number of primary amides is 1. The van der Waals surface area contributed by atoms with Gasteiger partial charge < -0.3 is 16.0 Å². The van der Waals surface area contributed by atoms with Crippen molar-refractivity contribution in [3.05, 3.63) is 57.7 Å². The summed E-state index contributed by atoms with van der Waals surface area (Å²) in [6, 6.07) is 9.54. The molecule has 2 rings (SSSR count). The maximum Gasteiger partial charge on any atom is 0.244 e. The van der Waals surface area contributed by atoms with E-state index in [-0.39, 0.29) is 12.5 Å². The van der Waals surface area contributed by atoms with Gasteiger partial charge in [-0.25, -0.2) is 4.98 Å². The van der Waals surface area contributed by atoms with Gasteiger partial charge in [-0.3, -0.25) is 9.59 Å². The summed E-state index contributed by atoms with van der Waals surface area (Å²) >= 11 is 9.12. The van der Waals surface area contributed by atoms with E-state index in [0.717, 1.165) is 4.47 Å². The number of rotatable bonds is 6. The molecule has 0 bridgehead atoms. The third kappa shape index (κ3) is 4.94. The summed E-state index contributed by atoms with van der Waals surface area (Å²) in [6.07, 6.45) is 1.50. The molecule has 0 aliphatic rings. The monoisotopic (exact) mass is 410 g/mol. The van der Waals surface area contributed by atoms with E-state index in [0.29, 0.717) is 16.4 Å². The van der Waals surface area contributed by atoms with Crippen molar-refractivity contribution in [1.29, 1.82) is 0 Å². The van der Waals surface area contributed by atoms with Crippen molar-refractivity contribution in [1.82, 2.24) is 10.3 Å². The molecular weight excluding hydrogens is 396 g/mol. The predicted octanol–water partition coefficient (Wildman–Crippen LogP) is 2.28. The van der Waals surface area contributed by atoms with Crippen LogP contribution >= 0.6 is 27.5 Å². The van der Waals surface area contributed by atoms with E-state index in [9.17, 15) is 9.59 Å². The maximum absolute atomic E-state index is 12.2. The van der Waals surface area contributed by atoms with Crippen LogP contribution in [0.5, 0.6) is 0 Å². The Labute approximate surface area is 153 Å². The summed E-state index contributed by atoms with van der Waals surface area (Å²) in [4.78, 5) is 29.7. The standard InChI is InChI=1S/C16H16BrClN4O2/c1-22(13-6-5-12(18)8-20-13)9-14(23)21-15(16(19)24)10-3-2-4-11(17)7-10/h2-8,15H,9H2,1H3,(H2,19,24)(H,21,23). The largest absolute Gasteiger partial charge is 0.368 e. The van der Waals surface area contributed by atoms with Crippen molar-refractivity contribution in [2.24, 2.45) is 5.73 Å². The third-order valence-electron chi connectivity index (χ3n) is 3.26. The van der Waals surface area contributed by atoms with Gasteiger partial charge in [0.05, 0.1) is 11.6 Å². The minimum absolute atomic E-state index is 0.0203. The fourth-order valence-electron chi connectivity index (χ4n) is 2.10. The Kier molecular flexibility index (Phi) is 6.16. The molecule has 8 heteroatoms. The Morgan fingerprint density at radius 1 is 1.38 bits per heavy atom. The number of amides is 2. The molecule has 1 aromatic carbocycles. The molecule has 2 aromatic rings. The highest BCUT2D eigenvalue weighted by atomic mass is 79.9. The molecule has 0 saturated carbocycles. The average Bonchev–Trinajstić information content (AvgIpc) is 2.52. The molecule has 0 fully saturated rings. The number of carbonyl (C=O) groups excluding carboxylic acids is 2. The first kappa shape index (κ1) is 18.2. The highest BCUT2D eigenvalue weighted by molar-refractivity contribution is 9.10. The minimum Gasteiger partial charge on any atom is -0.368 e. The molecule has 1 unspecified atom stereocenters. The van der Waals surface area contributed by atoms with E-state index in [1.54, 1.807) is 42.3 Å². The van der Waals surface area contributed by atoms with Crippen LogP contribution in [0.15, 0.2) is 47.1 Å². The van der Waals surface area contributed by atoms with Crippen LogP contribution in [0.3, 0.4) is 0 Å². The molecule has 0 aliphatic heterocycles. The van der Waals surface area contributed by atoms with Crippen LogP contribution in [0, 0.1) is 0 Å². The number of nitrogens with one attached hydrogen (secondary N) is 1. The number of likely N-dealkylation sites (N-methyl/N-ethyl adjacent to an activating group) is 1. The number of aromatic nitrogens is 1. The molecule has 0 saturated heterocycles. The third-order valence-corrected chi connectivity index (χ3v) is 3.97. The zero-order chi connectivity index (χ0) is 17.7. The van der Waals surface area contributed by atoms with Crippen molar-refractivity contribution in [3.8, 4) is 0 Å². The van der Waals surface area contributed by atoms with Gasteiger partial charge in [0.1, 0.15) is 11.9 Å². The maximum atomic E-state index is 12.2. The SMILES string of the molecule is CN(CC(=O)NC(C(N)=O)c1cccc(Br)c1)c1ccc(Cl)cn1. The van der Waals surface area contributed by atoms with E-state index in [4.69, 9.17) is 17.3 Å². The average molecular weight is 412 g/mol. The van der Waals surface area contributed by atoms with Crippen molar-refractivity contribution >= 4 is 45.2 Å². The molecular formula is C16H16BrClN4O2. The summed E-state index contributed by atoms with van der Waals surface area (Å²) in [6.45, 7) is 0.0203. The lowest BCUT2D eigenvalue weighted by Crippen LogP contribution is -2.42. The number of hydrogen-bond donors (Lipinski definition) is 2. The summed E-state index contributed by atoms with van der Waals surface area (Å²) in [5.74, 6) is -0.389. The van der Waals surface area contributed by atoms with E-state index >= 15 is 0 Å². The highest BCUT2D eigenvalue weighted by Crippen LogP contribution is 2.18. The number of anilines is 1. The number of halogens is 2. The van der Waals surface area contributed by atoms with Crippen molar-refractivity contribution in [2.45, 2.75) is 6.04 Å². The van der Waals surface area contributed by atoms with Crippen molar-refractivity contribution in [3.63, 3.8) is 0 Å². The number of benzene rings is 1. The molecule has 126 valence electrons. The van der Waals surface area contributed by atoms with Gasteiger partial charge in [0.2, 0.25) is 11.8 Å². The lowest BCUT2D eigenvalue weighted by molar-refractivity contribution is -0.126. The zero-order valence-corrected chi connectivity index (χ0v) is 15.2. The fourth-order valence-corrected chi connectivity index (χ4v) is 2.63. The van der Waals surface area contributed by atoms with Gasteiger partial charge in [-0.1, -0.05) is 39.7 Å². The van der Waals surface area contributed by atoms with Gasteiger partial charge in [-0.15, -0.1) is 0 Å². The second-order valence-electron chi connectivity index (χ2n) is 5.15. The fraction of sp³-hybridized carbons (Fsp3) is 0.188. The molecule has 0 radical (unpaired) electrons. The first-order chi connectivity index (χ1) is 11.4. The number of nitrogens with zero attached hydrogens (tertiary/aromatic N) is 2. The van der Waals surface area contributed by atoms with E-state index in [1.807, 2.05) is 6.07 Å². The molecule has 1 atom stereocenters. The predicted molar refractivity (Wildman–Crippen MR) is 96.7 cm³/mol. The van der Waals surface area contributed by atoms with Crippen LogP contribution in [0.25, 0.3) is 0 Å². The van der Waals surface area contributed by atoms with E-state index in [2.05, 4.69) is 26.2 Å². The quantitative estimate of drug-likeness (QED) is 0.763. The van der Waals surface area contributed by atoms with Gasteiger partial charge in [-0.05, 0) is 29.8 Å². The van der Waals surface area contributed by atoms with Gasteiger partial charge in [0, 0.05) is 17.7 Å². The number of hydrogen-bond acceptors (Lipinski definition) is 4. The summed E-state index contributed by atoms with van der Waals surface area (Å²) in [5.41, 5.74) is 6.02. The topological polar surface area (TPSA) is 88.3 Å². The van der Waals surface area contributed by atoms with Crippen LogP contribution in [-0.2, 0) is 9.59 Å². The number of carbonyl (C=O) groups is 2. The molecule has 0 aliphatic carbocycles. The van der Waals surface area contributed by atoms with Gasteiger partial charge >= 0.3 is 0 Å². The summed E-state index contributed by atoms with van der Waals surface area (Å²) in [7, 11) is 1.72. The van der Waals surface area contributed by atoms with Gasteiger partial charge in [-0.2, -0.15) is 0 Å². The van der Waals surface area contributed by atoms with Crippen LogP contribution in [0.4, 0.5) is 5.82 Å². The van der Waals surface area contributed by atoms with Crippen LogP contribution < -0.4 is 16.0 Å². The smallest absolute Gasteiger partial charge is 0.244 e. The van der Waals surface area contributed by atoms with Gasteiger partial charge in [0.25, 0.3) is 0 Å². The zero-order valence-electron chi connectivity index (χ0n) is 12.9. The molecule has 2 amide bonds. The lowest BCUT2D eigenvalue weighted by atomic mass is 10.1. The Hall–Kier alpha value is -2.12. The Bertz CT molecular complexity index is 739. The lowest BCUT2D eigenvalue weighted by Gasteiger charge is -2.20. The Morgan fingerprint density at radius 2 is 2.12 bits per heavy atom. The first-order valence-electron chi connectivity index (χ1n) is 7.03. The number of pyridine rings is 1. The van der Waals surface area contributed by atoms with Crippen LogP contribution in [-0.4, -0.2) is 30.4 Å². The highest BCUT2D eigenvalue weighted by Gasteiger charge is 2.21. The van der Waals surface area contributed by atoms with Crippen LogP contribution in [0.2, 0.25) is 5.02 Å². The van der Waals surface area contributed by atoms with Gasteiger partial charge in [0.15, 0.2) is 0 Å². The van der Waals surface area contributed by atoms with Crippen molar-refractivity contribution < 1.29 is 9.59 Å². The molecule has 3 N–H and O–H groups in total. The minimum atomic E-state index is -0.901. The van der Waals surface area contributed by atoms with E-state index in [1.165, 1.54) is 6.20 Å². The summed E-state index contributed by atoms with van der Waals surface area (Å²) < 4.78 is 0.794. The van der Waals surface area contributed by atoms with E-state index < -0.39 is 11.9 Å². The Balaban J connectivity index is 2.05. The second kappa shape index (κ2) is 8.12. The second-order valence-corrected chi connectivity index (χ2v) is 6.50. The molecule has 0 spiro atoms. The van der Waals surface area contributed by atoms with Crippen molar-refractivity contribution in [2.75, 3.05) is 18.5 Å². The molecule has 24 heavy (non-hydrogen) atoms. The normalized spacial score (nSPS) is 11.6. The van der Waals surface area contributed by atoms with Crippen LogP contribution in [0.1, 0.15) is 11.6 Å². The first-order valence-corrected chi connectivity index (χ1v) is 8.21. The summed E-state index contributed by atoms with van der Waals surface area (Å²) in [5, 5.41) is 3.16. The Morgan fingerprint density at radius 3 is 2.71 bits per heavy atom. The molecule has 1 aromatic heterocycles.